The van der Waals surface area contributed by atoms with E-state index < -0.39 is 0 Å². The molecule has 0 bridgehead atoms. The average molecular weight is 243 g/mol. The van der Waals surface area contributed by atoms with Gasteiger partial charge in [0.1, 0.15) is 0 Å². The molecule has 0 saturated carbocycles. The van der Waals surface area contributed by atoms with Crippen molar-refractivity contribution in [1.82, 2.24) is 14.9 Å². The van der Waals surface area contributed by atoms with Gasteiger partial charge < -0.3 is 9.64 Å². The zero-order chi connectivity index (χ0) is 12.5. The summed E-state index contributed by atoms with van der Waals surface area (Å²) < 4.78 is 5.13. The van der Waals surface area contributed by atoms with E-state index in [4.69, 9.17) is 4.74 Å². The van der Waals surface area contributed by atoms with Crippen LogP contribution in [0.15, 0.2) is 18.3 Å². The molecule has 94 valence electrons. The summed E-state index contributed by atoms with van der Waals surface area (Å²) in [6.07, 6.45) is 3.85. The third kappa shape index (κ3) is 2.04. The van der Waals surface area contributed by atoms with Crippen LogP contribution in [0.25, 0.3) is 11.0 Å². The molecular weight excluding hydrogens is 226 g/mol. The maximum atomic E-state index is 5.13. The standard InChI is InChI=1S/C14H17N3O/c1-17-5-3-10-7-12-13(8-11(10)4-6-17)16-14(18-2)9-15-12/h7-9H,3-6H2,1-2H3. The zero-order valence-corrected chi connectivity index (χ0v) is 10.8. The fraction of sp³-hybridized carbons (Fsp3) is 0.429. The summed E-state index contributed by atoms with van der Waals surface area (Å²) >= 11 is 0. The summed E-state index contributed by atoms with van der Waals surface area (Å²) in [5.74, 6) is 0.577. The van der Waals surface area contributed by atoms with Gasteiger partial charge in [0.05, 0.1) is 24.3 Å². The van der Waals surface area contributed by atoms with E-state index in [0.717, 1.165) is 37.0 Å². The van der Waals surface area contributed by atoms with Crippen LogP contribution >= 0.6 is 0 Å². The van der Waals surface area contributed by atoms with Gasteiger partial charge in [0.2, 0.25) is 5.88 Å². The molecule has 2 aromatic rings. The van der Waals surface area contributed by atoms with E-state index in [1.165, 1.54) is 11.1 Å². The first-order valence-corrected chi connectivity index (χ1v) is 6.27. The largest absolute Gasteiger partial charge is 0.480 e. The van der Waals surface area contributed by atoms with Crippen molar-refractivity contribution in [3.05, 3.63) is 29.5 Å². The topological polar surface area (TPSA) is 38.3 Å². The van der Waals surface area contributed by atoms with Crippen molar-refractivity contribution in [2.75, 3.05) is 27.2 Å². The van der Waals surface area contributed by atoms with Gasteiger partial charge in [0.15, 0.2) is 0 Å². The molecule has 0 amide bonds. The highest BCUT2D eigenvalue weighted by molar-refractivity contribution is 5.76. The van der Waals surface area contributed by atoms with Crippen molar-refractivity contribution in [2.24, 2.45) is 0 Å². The first-order chi connectivity index (χ1) is 8.76. The molecule has 0 N–H and O–H groups in total. The lowest BCUT2D eigenvalue weighted by molar-refractivity contribution is 0.352. The van der Waals surface area contributed by atoms with Crippen molar-refractivity contribution in [3.8, 4) is 5.88 Å². The Morgan fingerprint density at radius 3 is 2.44 bits per heavy atom. The van der Waals surface area contributed by atoms with E-state index >= 15 is 0 Å². The van der Waals surface area contributed by atoms with Gasteiger partial charge in [-0.1, -0.05) is 0 Å². The SMILES string of the molecule is COc1cnc2cc3c(cc2n1)CCN(C)CC3. The van der Waals surface area contributed by atoms with Gasteiger partial charge in [-0.05, 0) is 43.1 Å². The number of ether oxygens (including phenoxy) is 1. The Labute approximate surface area is 107 Å². The van der Waals surface area contributed by atoms with Crippen LogP contribution in [-0.4, -0.2) is 42.1 Å². The van der Waals surface area contributed by atoms with Crippen LogP contribution in [0.5, 0.6) is 5.88 Å². The van der Waals surface area contributed by atoms with Crippen molar-refractivity contribution >= 4 is 11.0 Å². The van der Waals surface area contributed by atoms with E-state index in [1.807, 2.05) is 0 Å². The number of nitrogens with zero attached hydrogens (tertiary/aromatic N) is 3. The Bertz CT molecular complexity index is 583. The fourth-order valence-electron chi connectivity index (χ4n) is 2.43. The third-order valence-electron chi connectivity index (χ3n) is 3.58. The quantitative estimate of drug-likeness (QED) is 0.763. The van der Waals surface area contributed by atoms with Gasteiger partial charge in [-0.3, -0.25) is 0 Å². The van der Waals surface area contributed by atoms with Crippen molar-refractivity contribution in [3.63, 3.8) is 0 Å². The van der Waals surface area contributed by atoms with E-state index in [2.05, 4.69) is 34.0 Å². The molecule has 0 atom stereocenters. The van der Waals surface area contributed by atoms with Crippen LogP contribution in [-0.2, 0) is 12.8 Å². The van der Waals surface area contributed by atoms with E-state index in [1.54, 1.807) is 13.3 Å². The number of aromatic nitrogens is 2. The van der Waals surface area contributed by atoms with E-state index in [-0.39, 0.29) is 0 Å². The van der Waals surface area contributed by atoms with Crippen LogP contribution < -0.4 is 4.74 Å². The molecule has 1 aliphatic heterocycles. The maximum absolute atomic E-state index is 5.13. The molecule has 0 fully saturated rings. The third-order valence-corrected chi connectivity index (χ3v) is 3.58. The lowest BCUT2D eigenvalue weighted by Gasteiger charge is -2.10. The normalized spacial score (nSPS) is 16.3. The van der Waals surface area contributed by atoms with Crippen LogP contribution in [0.1, 0.15) is 11.1 Å². The highest BCUT2D eigenvalue weighted by Gasteiger charge is 2.13. The average Bonchev–Trinajstić information content (AvgIpc) is 2.58. The van der Waals surface area contributed by atoms with Crippen LogP contribution in [0.2, 0.25) is 0 Å². The molecule has 18 heavy (non-hydrogen) atoms. The monoisotopic (exact) mass is 243 g/mol. The highest BCUT2D eigenvalue weighted by Crippen LogP contribution is 2.22. The minimum Gasteiger partial charge on any atom is -0.480 e. The Balaban J connectivity index is 2.09. The van der Waals surface area contributed by atoms with E-state index in [0.29, 0.717) is 5.88 Å². The lowest BCUT2D eigenvalue weighted by Crippen LogP contribution is -2.20. The zero-order valence-electron chi connectivity index (χ0n) is 10.8. The second-order valence-electron chi connectivity index (χ2n) is 4.83. The maximum Gasteiger partial charge on any atom is 0.232 e. The van der Waals surface area contributed by atoms with Crippen LogP contribution in [0.3, 0.4) is 0 Å². The summed E-state index contributed by atoms with van der Waals surface area (Å²) in [7, 11) is 3.79. The summed E-state index contributed by atoms with van der Waals surface area (Å²) in [6, 6.07) is 4.34. The molecule has 1 aromatic carbocycles. The van der Waals surface area contributed by atoms with Gasteiger partial charge in [-0.25, -0.2) is 9.97 Å². The van der Waals surface area contributed by atoms with Crippen molar-refractivity contribution in [2.45, 2.75) is 12.8 Å². The molecule has 0 spiro atoms. The molecular formula is C14H17N3O. The first kappa shape index (κ1) is 11.4. The smallest absolute Gasteiger partial charge is 0.232 e. The summed E-state index contributed by atoms with van der Waals surface area (Å²) in [5.41, 5.74) is 4.69. The number of hydrogen-bond acceptors (Lipinski definition) is 4. The van der Waals surface area contributed by atoms with E-state index in [9.17, 15) is 0 Å². The predicted molar refractivity (Wildman–Crippen MR) is 71.0 cm³/mol. The molecule has 1 aliphatic rings. The molecule has 3 rings (SSSR count). The highest BCUT2D eigenvalue weighted by atomic mass is 16.5. The second-order valence-corrected chi connectivity index (χ2v) is 4.83. The van der Waals surface area contributed by atoms with Crippen LogP contribution in [0, 0.1) is 0 Å². The van der Waals surface area contributed by atoms with Crippen LogP contribution in [0.4, 0.5) is 0 Å². The van der Waals surface area contributed by atoms with Gasteiger partial charge >= 0.3 is 0 Å². The minimum absolute atomic E-state index is 0.577. The van der Waals surface area contributed by atoms with Gasteiger partial charge in [-0.15, -0.1) is 0 Å². The Hall–Kier alpha value is -1.68. The fourth-order valence-corrected chi connectivity index (χ4v) is 2.43. The second kappa shape index (κ2) is 4.53. The van der Waals surface area contributed by atoms with Gasteiger partial charge in [0, 0.05) is 13.1 Å². The molecule has 4 heteroatoms. The molecule has 0 unspecified atom stereocenters. The Morgan fingerprint density at radius 1 is 1.11 bits per heavy atom. The number of hydrogen-bond donors (Lipinski definition) is 0. The van der Waals surface area contributed by atoms with Crippen molar-refractivity contribution in [1.29, 1.82) is 0 Å². The number of likely N-dealkylation sites (N-methyl/N-ethyl adjacent to an activating group) is 1. The molecule has 0 saturated heterocycles. The molecule has 4 nitrogen and oxygen atoms in total. The molecule has 2 heterocycles. The Kier molecular flexibility index (Phi) is 2.88. The number of methoxy groups -OCH3 is 1. The molecule has 1 aromatic heterocycles. The van der Waals surface area contributed by atoms with Gasteiger partial charge in [-0.2, -0.15) is 0 Å². The predicted octanol–water partition coefficient (Wildman–Crippen LogP) is 1.67. The summed E-state index contributed by atoms with van der Waals surface area (Å²) in [4.78, 5) is 11.2. The first-order valence-electron chi connectivity index (χ1n) is 6.27. The van der Waals surface area contributed by atoms with Gasteiger partial charge in [0.25, 0.3) is 0 Å². The minimum atomic E-state index is 0.577. The summed E-state index contributed by atoms with van der Waals surface area (Å²) in [5, 5.41) is 0. The number of fused-ring (bicyclic) bond motifs is 2. The number of rotatable bonds is 1. The summed E-state index contributed by atoms with van der Waals surface area (Å²) in [6.45, 7) is 2.22. The lowest BCUT2D eigenvalue weighted by atomic mass is 10.0. The molecule has 0 radical (unpaired) electrons. The Morgan fingerprint density at radius 2 is 1.78 bits per heavy atom. The molecule has 0 aliphatic carbocycles. The number of benzene rings is 1. The van der Waals surface area contributed by atoms with Crippen molar-refractivity contribution < 1.29 is 4.74 Å².